The van der Waals surface area contributed by atoms with E-state index >= 15 is 0 Å². The second-order valence-corrected chi connectivity index (χ2v) is 8.23. The second-order valence-electron chi connectivity index (χ2n) is 6.37. The van der Waals surface area contributed by atoms with Gasteiger partial charge in [-0.2, -0.15) is 0 Å². The third kappa shape index (κ3) is 4.95. The van der Waals surface area contributed by atoms with Crippen LogP contribution < -0.4 is 19.1 Å². The molecule has 152 valence electrons. The number of aryl methyl sites for hydroxylation is 1. The zero-order valence-corrected chi connectivity index (χ0v) is 17.5. The number of rotatable bonds is 8. The van der Waals surface area contributed by atoms with Gasteiger partial charge in [0.2, 0.25) is 15.9 Å². The van der Waals surface area contributed by atoms with E-state index in [9.17, 15) is 13.2 Å². The third-order valence-electron chi connectivity index (χ3n) is 4.28. The highest BCUT2D eigenvalue weighted by Gasteiger charge is 2.32. The first-order chi connectivity index (χ1) is 13.2. The van der Waals surface area contributed by atoms with Crippen LogP contribution >= 0.6 is 0 Å². The smallest absolute Gasteiger partial charge is 0.248 e. The van der Waals surface area contributed by atoms with Gasteiger partial charge in [-0.05, 0) is 37.6 Å². The van der Waals surface area contributed by atoms with Gasteiger partial charge in [0.1, 0.15) is 17.5 Å². The van der Waals surface area contributed by atoms with Crippen LogP contribution in [0.3, 0.4) is 0 Å². The molecule has 7 nitrogen and oxygen atoms in total. The van der Waals surface area contributed by atoms with E-state index in [1.807, 2.05) is 19.1 Å². The van der Waals surface area contributed by atoms with Crippen LogP contribution in [0.15, 0.2) is 42.5 Å². The van der Waals surface area contributed by atoms with Crippen LogP contribution in [0, 0.1) is 6.92 Å². The molecule has 2 aromatic carbocycles. The van der Waals surface area contributed by atoms with Gasteiger partial charge in [0.25, 0.3) is 0 Å². The van der Waals surface area contributed by atoms with E-state index in [0.717, 1.165) is 16.1 Å². The summed E-state index contributed by atoms with van der Waals surface area (Å²) in [7, 11) is -0.683. The van der Waals surface area contributed by atoms with Crippen molar-refractivity contribution in [2.24, 2.45) is 0 Å². The normalized spacial score (nSPS) is 12.2. The van der Waals surface area contributed by atoms with Gasteiger partial charge in [-0.3, -0.25) is 9.10 Å². The molecule has 0 spiro atoms. The Labute approximate surface area is 166 Å². The Balaban J connectivity index is 2.41. The topological polar surface area (TPSA) is 84.9 Å². The summed E-state index contributed by atoms with van der Waals surface area (Å²) in [4.78, 5) is 13.0. The van der Waals surface area contributed by atoms with Crippen LogP contribution in [0.2, 0.25) is 0 Å². The van der Waals surface area contributed by atoms with Crippen LogP contribution in [-0.4, -0.2) is 40.8 Å². The number of carbonyl (C=O) groups is 1. The number of methoxy groups -OCH3 is 2. The van der Waals surface area contributed by atoms with Crippen molar-refractivity contribution in [3.05, 3.63) is 48.0 Å². The number of benzene rings is 2. The number of nitrogens with zero attached hydrogens (tertiary/aromatic N) is 1. The first-order valence-corrected chi connectivity index (χ1v) is 10.6. The van der Waals surface area contributed by atoms with Gasteiger partial charge in [-0.1, -0.05) is 24.6 Å². The molecule has 0 radical (unpaired) electrons. The fourth-order valence-corrected chi connectivity index (χ4v) is 4.09. The predicted octanol–water partition coefficient (Wildman–Crippen LogP) is 3.20. The van der Waals surface area contributed by atoms with Crippen LogP contribution in [0.4, 0.5) is 11.4 Å². The number of hydrogen-bond acceptors (Lipinski definition) is 5. The zero-order chi connectivity index (χ0) is 20.9. The quantitative estimate of drug-likeness (QED) is 0.728. The molecule has 0 saturated carbocycles. The van der Waals surface area contributed by atoms with Gasteiger partial charge in [0.15, 0.2) is 0 Å². The Morgan fingerprint density at radius 2 is 1.75 bits per heavy atom. The number of amides is 1. The van der Waals surface area contributed by atoms with Crippen molar-refractivity contribution in [2.75, 3.05) is 30.1 Å². The van der Waals surface area contributed by atoms with Crippen molar-refractivity contribution >= 4 is 27.3 Å². The van der Waals surface area contributed by atoms with Crippen molar-refractivity contribution in [2.45, 2.75) is 26.3 Å². The highest BCUT2D eigenvalue weighted by molar-refractivity contribution is 7.92. The lowest BCUT2D eigenvalue weighted by Gasteiger charge is -2.30. The molecule has 0 heterocycles. The molecule has 1 N–H and O–H groups in total. The molecule has 0 unspecified atom stereocenters. The average Bonchev–Trinajstić information content (AvgIpc) is 2.65. The largest absolute Gasteiger partial charge is 0.497 e. The Morgan fingerprint density at radius 1 is 1.11 bits per heavy atom. The standard InChI is InChI=1S/C20H26N2O5S/c1-6-18(22(28(5,24)25)15-9-7-14(2)8-10-15)20(23)21-17-13-16(26-3)11-12-19(17)27-4/h7-13,18H,6H2,1-5H3,(H,21,23)/t18-/m1/s1. The average molecular weight is 407 g/mol. The van der Waals surface area contributed by atoms with E-state index in [1.165, 1.54) is 14.2 Å². The summed E-state index contributed by atoms with van der Waals surface area (Å²) in [5.74, 6) is 0.535. The third-order valence-corrected chi connectivity index (χ3v) is 5.46. The SMILES string of the molecule is CC[C@H](C(=O)Nc1cc(OC)ccc1OC)N(c1ccc(C)cc1)S(C)(=O)=O. The van der Waals surface area contributed by atoms with Crippen molar-refractivity contribution < 1.29 is 22.7 Å². The van der Waals surface area contributed by atoms with Gasteiger partial charge < -0.3 is 14.8 Å². The molecule has 0 fully saturated rings. The van der Waals surface area contributed by atoms with E-state index in [0.29, 0.717) is 29.3 Å². The summed E-state index contributed by atoms with van der Waals surface area (Å²) in [6, 6.07) is 11.1. The molecule has 0 aliphatic heterocycles. The minimum absolute atomic E-state index is 0.291. The first kappa shape index (κ1) is 21.6. The van der Waals surface area contributed by atoms with Crippen molar-refractivity contribution in [3.8, 4) is 11.5 Å². The van der Waals surface area contributed by atoms with E-state index in [1.54, 1.807) is 37.3 Å². The number of carbonyl (C=O) groups excluding carboxylic acids is 1. The van der Waals surface area contributed by atoms with Gasteiger partial charge in [0, 0.05) is 6.07 Å². The fourth-order valence-electron chi connectivity index (χ4n) is 2.88. The maximum atomic E-state index is 13.0. The van der Waals surface area contributed by atoms with Gasteiger partial charge in [-0.25, -0.2) is 8.42 Å². The van der Waals surface area contributed by atoms with E-state index in [-0.39, 0.29) is 0 Å². The lowest BCUT2D eigenvalue weighted by molar-refractivity contribution is -0.117. The van der Waals surface area contributed by atoms with Crippen molar-refractivity contribution in [3.63, 3.8) is 0 Å². The minimum Gasteiger partial charge on any atom is -0.497 e. The van der Waals surface area contributed by atoms with Crippen LogP contribution in [0.5, 0.6) is 11.5 Å². The molecule has 8 heteroatoms. The summed E-state index contributed by atoms with van der Waals surface area (Å²) in [5.41, 5.74) is 1.84. The Hall–Kier alpha value is -2.74. The molecule has 0 aromatic heterocycles. The summed E-state index contributed by atoms with van der Waals surface area (Å²) in [5, 5.41) is 2.77. The van der Waals surface area contributed by atoms with Crippen LogP contribution in [-0.2, 0) is 14.8 Å². The Morgan fingerprint density at radius 3 is 2.25 bits per heavy atom. The first-order valence-electron chi connectivity index (χ1n) is 8.80. The number of ether oxygens (including phenoxy) is 2. The maximum Gasteiger partial charge on any atom is 0.248 e. The van der Waals surface area contributed by atoms with Crippen molar-refractivity contribution in [1.29, 1.82) is 0 Å². The highest BCUT2D eigenvalue weighted by atomic mass is 32.2. The molecule has 0 aliphatic rings. The molecule has 1 atom stereocenters. The zero-order valence-electron chi connectivity index (χ0n) is 16.7. The van der Waals surface area contributed by atoms with Crippen molar-refractivity contribution in [1.82, 2.24) is 0 Å². The van der Waals surface area contributed by atoms with Gasteiger partial charge >= 0.3 is 0 Å². The van der Waals surface area contributed by atoms with E-state index in [4.69, 9.17) is 9.47 Å². The molecule has 28 heavy (non-hydrogen) atoms. The number of nitrogens with one attached hydrogen (secondary N) is 1. The summed E-state index contributed by atoms with van der Waals surface area (Å²) >= 11 is 0. The van der Waals surface area contributed by atoms with Crippen LogP contribution in [0.25, 0.3) is 0 Å². The van der Waals surface area contributed by atoms with E-state index < -0.39 is 22.0 Å². The lowest BCUT2D eigenvalue weighted by Crippen LogP contribution is -2.47. The van der Waals surface area contributed by atoms with Gasteiger partial charge in [-0.15, -0.1) is 0 Å². The fraction of sp³-hybridized carbons (Fsp3) is 0.350. The molecular weight excluding hydrogens is 380 g/mol. The molecular formula is C20H26N2O5S. The Bertz CT molecular complexity index is 926. The monoisotopic (exact) mass is 406 g/mol. The summed E-state index contributed by atoms with van der Waals surface area (Å²) < 4.78 is 36.6. The lowest BCUT2D eigenvalue weighted by atomic mass is 10.1. The number of hydrogen-bond donors (Lipinski definition) is 1. The predicted molar refractivity (Wildman–Crippen MR) is 111 cm³/mol. The molecule has 2 rings (SSSR count). The Kier molecular flexibility index (Phi) is 6.90. The summed E-state index contributed by atoms with van der Waals surface area (Å²) in [6.07, 6.45) is 1.38. The van der Waals surface area contributed by atoms with Crippen LogP contribution in [0.1, 0.15) is 18.9 Å². The minimum atomic E-state index is -3.69. The number of anilines is 2. The molecule has 0 saturated heterocycles. The second kappa shape index (κ2) is 8.97. The molecule has 0 bridgehead atoms. The molecule has 2 aromatic rings. The summed E-state index contributed by atoms with van der Waals surface area (Å²) in [6.45, 7) is 3.67. The molecule has 1 amide bonds. The number of sulfonamides is 1. The molecule has 0 aliphatic carbocycles. The maximum absolute atomic E-state index is 13.0. The van der Waals surface area contributed by atoms with E-state index in [2.05, 4.69) is 5.32 Å². The van der Waals surface area contributed by atoms with Gasteiger partial charge in [0.05, 0.1) is 31.9 Å². The highest BCUT2D eigenvalue weighted by Crippen LogP contribution is 2.30.